The molecule has 0 spiro atoms. The molecule has 1 aliphatic rings. The first-order chi connectivity index (χ1) is 12.6. The molecular formula is C18H22N6O2. The van der Waals surface area contributed by atoms with E-state index in [2.05, 4.69) is 32.5 Å². The van der Waals surface area contributed by atoms with Crippen LogP contribution in [0.2, 0.25) is 0 Å². The fourth-order valence-electron chi connectivity index (χ4n) is 3.24. The van der Waals surface area contributed by atoms with Gasteiger partial charge >= 0.3 is 0 Å². The second-order valence-corrected chi connectivity index (χ2v) is 6.64. The molecule has 8 heteroatoms. The second-order valence-electron chi connectivity index (χ2n) is 6.64. The maximum Gasteiger partial charge on any atom is 0.259 e. The average molecular weight is 354 g/mol. The summed E-state index contributed by atoms with van der Waals surface area (Å²) in [5, 5.41) is 11.9. The van der Waals surface area contributed by atoms with E-state index in [-0.39, 0.29) is 12.1 Å². The lowest BCUT2D eigenvalue weighted by atomic mass is 10.0. The van der Waals surface area contributed by atoms with E-state index in [9.17, 15) is 0 Å². The summed E-state index contributed by atoms with van der Waals surface area (Å²) >= 11 is 0. The third-order valence-corrected chi connectivity index (χ3v) is 4.78. The molecule has 3 aromatic rings. The Labute approximate surface area is 151 Å². The van der Waals surface area contributed by atoms with Crippen LogP contribution in [-0.4, -0.2) is 37.6 Å². The van der Waals surface area contributed by atoms with Crippen LogP contribution >= 0.6 is 0 Å². The highest BCUT2D eigenvalue weighted by atomic mass is 16.5. The van der Waals surface area contributed by atoms with Crippen LogP contribution in [0, 0.1) is 13.8 Å². The SMILES string of the molecule is Cc1cncc(-c2nc(CN[C@H]3CCO[C@@H]3c3cnn(C)c3C)no2)c1. The topological polar surface area (TPSA) is 90.9 Å². The van der Waals surface area contributed by atoms with E-state index in [1.165, 1.54) is 0 Å². The zero-order valence-electron chi connectivity index (χ0n) is 15.1. The van der Waals surface area contributed by atoms with Gasteiger partial charge in [0.15, 0.2) is 5.82 Å². The standard InChI is InChI=1S/C18H22N6O2/c1-11-6-13(8-19-7-11)18-22-16(23-26-18)10-20-15-4-5-25-17(15)14-9-21-24(3)12(14)2/h6-9,15,17,20H,4-5,10H2,1-3H3/t15-,17+/m0/s1. The van der Waals surface area contributed by atoms with Crippen LogP contribution in [0.5, 0.6) is 0 Å². The lowest BCUT2D eigenvalue weighted by Gasteiger charge is -2.19. The van der Waals surface area contributed by atoms with Crippen LogP contribution in [0.1, 0.15) is 35.2 Å². The van der Waals surface area contributed by atoms with Crippen LogP contribution < -0.4 is 5.32 Å². The van der Waals surface area contributed by atoms with Crippen LogP contribution in [-0.2, 0) is 18.3 Å². The number of hydrogen-bond acceptors (Lipinski definition) is 7. The molecule has 4 heterocycles. The molecule has 2 atom stereocenters. The number of aryl methyl sites for hydroxylation is 2. The minimum atomic E-state index is -0.00366. The summed E-state index contributed by atoms with van der Waals surface area (Å²) in [4.78, 5) is 8.63. The van der Waals surface area contributed by atoms with E-state index >= 15 is 0 Å². The fraction of sp³-hybridized carbons (Fsp3) is 0.444. The zero-order chi connectivity index (χ0) is 18.1. The van der Waals surface area contributed by atoms with Crippen LogP contribution in [0.4, 0.5) is 0 Å². The van der Waals surface area contributed by atoms with E-state index in [0.717, 1.165) is 35.4 Å². The Morgan fingerprint density at radius 2 is 2.15 bits per heavy atom. The molecule has 1 saturated heterocycles. The van der Waals surface area contributed by atoms with E-state index in [1.807, 2.05) is 30.9 Å². The summed E-state index contributed by atoms with van der Waals surface area (Å²) in [7, 11) is 1.94. The maximum absolute atomic E-state index is 5.93. The molecule has 1 N–H and O–H groups in total. The van der Waals surface area contributed by atoms with E-state index in [1.54, 1.807) is 12.4 Å². The smallest absolute Gasteiger partial charge is 0.259 e. The Hall–Kier alpha value is -2.58. The van der Waals surface area contributed by atoms with Crippen molar-refractivity contribution in [1.29, 1.82) is 0 Å². The highest BCUT2D eigenvalue weighted by Gasteiger charge is 2.32. The highest BCUT2D eigenvalue weighted by Crippen LogP contribution is 2.31. The normalized spacial score (nSPS) is 20.0. The van der Waals surface area contributed by atoms with Gasteiger partial charge in [0.2, 0.25) is 0 Å². The molecule has 0 bridgehead atoms. The van der Waals surface area contributed by atoms with Crippen molar-refractivity contribution in [3.8, 4) is 11.5 Å². The van der Waals surface area contributed by atoms with Gasteiger partial charge in [0, 0.05) is 43.3 Å². The minimum Gasteiger partial charge on any atom is -0.372 e. The Kier molecular flexibility index (Phi) is 4.52. The fourth-order valence-corrected chi connectivity index (χ4v) is 3.24. The van der Waals surface area contributed by atoms with Gasteiger partial charge in [0.25, 0.3) is 5.89 Å². The monoisotopic (exact) mass is 354 g/mol. The van der Waals surface area contributed by atoms with Crippen LogP contribution in [0.25, 0.3) is 11.5 Å². The molecule has 0 saturated carbocycles. The third-order valence-electron chi connectivity index (χ3n) is 4.78. The van der Waals surface area contributed by atoms with Gasteiger partial charge in [-0.2, -0.15) is 10.1 Å². The van der Waals surface area contributed by atoms with E-state index in [4.69, 9.17) is 9.26 Å². The number of ether oxygens (including phenoxy) is 1. The summed E-state index contributed by atoms with van der Waals surface area (Å²) in [6.45, 7) is 5.29. The molecule has 1 fully saturated rings. The highest BCUT2D eigenvalue weighted by molar-refractivity contribution is 5.51. The Balaban J connectivity index is 1.43. The molecule has 4 rings (SSSR count). The largest absolute Gasteiger partial charge is 0.372 e. The predicted molar refractivity (Wildman–Crippen MR) is 94.1 cm³/mol. The van der Waals surface area contributed by atoms with Crippen molar-refractivity contribution in [2.75, 3.05) is 6.61 Å². The van der Waals surface area contributed by atoms with Crippen molar-refractivity contribution in [3.63, 3.8) is 0 Å². The molecule has 26 heavy (non-hydrogen) atoms. The summed E-state index contributed by atoms with van der Waals surface area (Å²) < 4.78 is 13.2. The van der Waals surface area contributed by atoms with Gasteiger partial charge in [-0.25, -0.2) is 0 Å². The summed E-state index contributed by atoms with van der Waals surface area (Å²) in [6.07, 6.45) is 6.34. The minimum absolute atomic E-state index is 0.00366. The first-order valence-electron chi connectivity index (χ1n) is 8.70. The summed E-state index contributed by atoms with van der Waals surface area (Å²) in [5.74, 6) is 1.11. The number of pyridine rings is 1. The van der Waals surface area contributed by atoms with E-state index in [0.29, 0.717) is 18.3 Å². The van der Waals surface area contributed by atoms with Crippen LogP contribution in [0.15, 0.2) is 29.2 Å². The predicted octanol–water partition coefficient (Wildman–Crippen LogP) is 2.10. The molecule has 0 amide bonds. The van der Waals surface area contributed by atoms with Gasteiger partial charge in [-0.1, -0.05) is 5.16 Å². The maximum atomic E-state index is 5.93. The number of nitrogens with one attached hydrogen (secondary N) is 1. The first kappa shape index (κ1) is 16.9. The lowest BCUT2D eigenvalue weighted by Crippen LogP contribution is -2.31. The van der Waals surface area contributed by atoms with Crippen molar-refractivity contribution >= 4 is 0 Å². The molecule has 8 nitrogen and oxygen atoms in total. The van der Waals surface area contributed by atoms with Crippen molar-refractivity contribution < 1.29 is 9.26 Å². The van der Waals surface area contributed by atoms with Gasteiger partial charge in [-0.05, 0) is 31.9 Å². The lowest BCUT2D eigenvalue weighted by molar-refractivity contribution is 0.0977. The van der Waals surface area contributed by atoms with Crippen molar-refractivity contribution in [2.45, 2.75) is 39.0 Å². The van der Waals surface area contributed by atoms with Crippen LogP contribution in [0.3, 0.4) is 0 Å². The number of rotatable bonds is 5. The van der Waals surface area contributed by atoms with Gasteiger partial charge in [-0.3, -0.25) is 9.67 Å². The Bertz CT molecular complexity index is 903. The van der Waals surface area contributed by atoms with Crippen molar-refractivity contribution in [1.82, 2.24) is 30.2 Å². The molecule has 1 aliphatic heterocycles. The Morgan fingerprint density at radius 3 is 2.92 bits per heavy atom. The van der Waals surface area contributed by atoms with Crippen molar-refractivity contribution in [2.24, 2.45) is 7.05 Å². The second kappa shape index (κ2) is 6.97. The molecule has 136 valence electrons. The molecule has 3 aromatic heterocycles. The number of hydrogen-bond donors (Lipinski definition) is 1. The number of nitrogens with zero attached hydrogens (tertiary/aromatic N) is 5. The first-order valence-corrected chi connectivity index (χ1v) is 8.70. The van der Waals surface area contributed by atoms with Gasteiger partial charge < -0.3 is 14.6 Å². The molecular weight excluding hydrogens is 332 g/mol. The Morgan fingerprint density at radius 1 is 1.27 bits per heavy atom. The molecule has 0 aliphatic carbocycles. The molecule has 0 unspecified atom stereocenters. The van der Waals surface area contributed by atoms with Gasteiger partial charge in [0.05, 0.1) is 18.3 Å². The van der Waals surface area contributed by atoms with E-state index < -0.39 is 0 Å². The summed E-state index contributed by atoms with van der Waals surface area (Å²) in [5.41, 5.74) is 4.13. The number of aromatic nitrogens is 5. The van der Waals surface area contributed by atoms with Crippen molar-refractivity contribution in [3.05, 3.63) is 47.3 Å². The quantitative estimate of drug-likeness (QED) is 0.750. The zero-order valence-corrected chi connectivity index (χ0v) is 15.1. The van der Waals surface area contributed by atoms with Gasteiger partial charge in [0.1, 0.15) is 6.10 Å². The third kappa shape index (κ3) is 3.25. The average Bonchev–Trinajstić information content (AvgIpc) is 3.35. The molecule has 0 radical (unpaired) electrons. The molecule has 0 aromatic carbocycles. The summed E-state index contributed by atoms with van der Waals surface area (Å²) in [6, 6.07) is 2.17. The van der Waals surface area contributed by atoms with Gasteiger partial charge in [-0.15, -0.1) is 0 Å².